The molecule has 2 aromatic carbocycles. The van der Waals surface area contributed by atoms with Crippen molar-refractivity contribution in [2.45, 2.75) is 31.8 Å². The standard InChI is InChI=1S/C21H24N2O2/c1-15(16-6-4-3-5-7-16)22-13-18-9-8-17-12-19(25-2)10-11-20(17)23(18)21(24)14-22/h3-7,10-12,15,18H,8-9,13-14H2,1-2H3/t15-,18-/m0/s1. The topological polar surface area (TPSA) is 32.8 Å². The van der Waals surface area contributed by atoms with E-state index in [0.717, 1.165) is 30.8 Å². The Kier molecular flexibility index (Phi) is 4.22. The van der Waals surface area contributed by atoms with E-state index in [1.54, 1.807) is 7.11 Å². The zero-order valence-electron chi connectivity index (χ0n) is 14.8. The van der Waals surface area contributed by atoms with Gasteiger partial charge >= 0.3 is 0 Å². The quantitative estimate of drug-likeness (QED) is 0.861. The van der Waals surface area contributed by atoms with Crippen molar-refractivity contribution in [2.75, 3.05) is 25.1 Å². The first-order valence-electron chi connectivity index (χ1n) is 8.95. The van der Waals surface area contributed by atoms with Crippen molar-refractivity contribution >= 4 is 11.6 Å². The summed E-state index contributed by atoms with van der Waals surface area (Å²) in [5, 5.41) is 0. The van der Waals surface area contributed by atoms with Crippen LogP contribution in [0, 0.1) is 0 Å². The largest absolute Gasteiger partial charge is 0.497 e. The van der Waals surface area contributed by atoms with Crippen LogP contribution < -0.4 is 9.64 Å². The second kappa shape index (κ2) is 6.52. The molecule has 0 aliphatic carbocycles. The van der Waals surface area contributed by atoms with Gasteiger partial charge in [0.05, 0.1) is 19.7 Å². The summed E-state index contributed by atoms with van der Waals surface area (Å²) in [4.78, 5) is 17.3. The molecule has 0 radical (unpaired) electrons. The van der Waals surface area contributed by atoms with Gasteiger partial charge in [0.15, 0.2) is 0 Å². The van der Waals surface area contributed by atoms with Crippen molar-refractivity contribution in [3.8, 4) is 5.75 Å². The molecule has 0 N–H and O–H groups in total. The lowest BCUT2D eigenvalue weighted by Crippen LogP contribution is -2.58. The minimum atomic E-state index is 0.199. The molecule has 0 aromatic heterocycles. The summed E-state index contributed by atoms with van der Waals surface area (Å²) in [6.07, 6.45) is 2.00. The maximum absolute atomic E-state index is 12.9. The molecule has 0 spiro atoms. The Hall–Kier alpha value is -2.33. The number of carbonyl (C=O) groups excluding carboxylic acids is 1. The van der Waals surface area contributed by atoms with Crippen LogP contribution in [0.1, 0.15) is 30.5 Å². The van der Waals surface area contributed by atoms with Crippen LogP contribution in [0.25, 0.3) is 0 Å². The number of hydrogen-bond donors (Lipinski definition) is 0. The van der Waals surface area contributed by atoms with Gasteiger partial charge in [-0.3, -0.25) is 9.69 Å². The highest BCUT2D eigenvalue weighted by atomic mass is 16.5. The molecule has 2 aliphatic heterocycles. The molecule has 1 fully saturated rings. The predicted octanol–water partition coefficient (Wildman–Crippen LogP) is 3.42. The van der Waals surface area contributed by atoms with E-state index in [4.69, 9.17) is 4.74 Å². The van der Waals surface area contributed by atoms with Gasteiger partial charge < -0.3 is 9.64 Å². The van der Waals surface area contributed by atoms with Crippen LogP contribution in [-0.4, -0.2) is 37.0 Å². The van der Waals surface area contributed by atoms with E-state index in [9.17, 15) is 4.79 Å². The molecule has 0 bridgehead atoms. The van der Waals surface area contributed by atoms with Crippen molar-refractivity contribution < 1.29 is 9.53 Å². The third-order valence-corrected chi connectivity index (χ3v) is 5.54. The van der Waals surface area contributed by atoms with Crippen molar-refractivity contribution in [1.82, 2.24) is 4.90 Å². The molecule has 2 heterocycles. The third kappa shape index (κ3) is 2.91. The van der Waals surface area contributed by atoms with Gasteiger partial charge in [0.25, 0.3) is 0 Å². The van der Waals surface area contributed by atoms with Gasteiger partial charge in [0, 0.05) is 18.3 Å². The van der Waals surface area contributed by atoms with Gasteiger partial charge in [-0.15, -0.1) is 0 Å². The number of hydrogen-bond acceptors (Lipinski definition) is 3. The maximum Gasteiger partial charge on any atom is 0.241 e. The average Bonchev–Trinajstić information content (AvgIpc) is 2.67. The summed E-state index contributed by atoms with van der Waals surface area (Å²) < 4.78 is 5.33. The Morgan fingerprint density at radius 3 is 2.72 bits per heavy atom. The van der Waals surface area contributed by atoms with E-state index in [1.807, 2.05) is 23.1 Å². The van der Waals surface area contributed by atoms with Gasteiger partial charge in [-0.05, 0) is 49.1 Å². The van der Waals surface area contributed by atoms with Gasteiger partial charge in [-0.1, -0.05) is 30.3 Å². The Morgan fingerprint density at radius 2 is 1.96 bits per heavy atom. The normalized spacial score (nSPS) is 21.4. The second-order valence-electron chi connectivity index (χ2n) is 6.97. The predicted molar refractivity (Wildman–Crippen MR) is 99.0 cm³/mol. The minimum absolute atomic E-state index is 0.199. The van der Waals surface area contributed by atoms with Gasteiger partial charge in [0.1, 0.15) is 5.75 Å². The lowest BCUT2D eigenvalue weighted by molar-refractivity contribution is -0.123. The second-order valence-corrected chi connectivity index (χ2v) is 6.97. The maximum atomic E-state index is 12.9. The Balaban J connectivity index is 1.58. The van der Waals surface area contributed by atoms with E-state index < -0.39 is 0 Å². The number of fused-ring (bicyclic) bond motifs is 3. The fraction of sp³-hybridized carbons (Fsp3) is 0.381. The number of benzene rings is 2. The van der Waals surface area contributed by atoms with E-state index in [1.165, 1.54) is 11.1 Å². The molecule has 25 heavy (non-hydrogen) atoms. The third-order valence-electron chi connectivity index (χ3n) is 5.54. The monoisotopic (exact) mass is 336 g/mol. The Bertz CT molecular complexity index is 775. The number of amides is 1. The molecule has 2 aliphatic rings. The van der Waals surface area contributed by atoms with Crippen LogP contribution in [-0.2, 0) is 11.2 Å². The molecule has 2 atom stereocenters. The zero-order chi connectivity index (χ0) is 17.4. The lowest BCUT2D eigenvalue weighted by Gasteiger charge is -2.46. The lowest BCUT2D eigenvalue weighted by atomic mass is 9.92. The zero-order valence-corrected chi connectivity index (χ0v) is 14.8. The van der Waals surface area contributed by atoms with Crippen molar-refractivity contribution in [3.63, 3.8) is 0 Å². The highest BCUT2D eigenvalue weighted by Crippen LogP contribution is 2.36. The molecule has 130 valence electrons. The van der Waals surface area contributed by atoms with Crippen LogP contribution in [0.15, 0.2) is 48.5 Å². The van der Waals surface area contributed by atoms with Crippen LogP contribution in [0.2, 0.25) is 0 Å². The molecule has 1 saturated heterocycles. The van der Waals surface area contributed by atoms with E-state index in [-0.39, 0.29) is 18.0 Å². The van der Waals surface area contributed by atoms with Crippen molar-refractivity contribution in [2.24, 2.45) is 0 Å². The fourth-order valence-corrected chi connectivity index (χ4v) is 4.11. The van der Waals surface area contributed by atoms with Gasteiger partial charge in [-0.25, -0.2) is 0 Å². The minimum Gasteiger partial charge on any atom is -0.497 e. The SMILES string of the molecule is COc1ccc2c(c1)CC[C@H]1CN([C@@H](C)c3ccccc3)CC(=O)N21. The van der Waals surface area contributed by atoms with Gasteiger partial charge in [0.2, 0.25) is 5.91 Å². The van der Waals surface area contributed by atoms with Crippen LogP contribution >= 0.6 is 0 Å². The summed E-state index contributed by atoms with van der Waals surface area (Å²) in [6.45, 7) is 3.59. The van der Waals surface area contributed by atoms with E-state index >= 15 is 0 Å². The first-order chi connectivity index (χ1) is 12.2. The first-order valence-corrected chi connectivity index (χ1v) is 8.95. The highest BCUT2D eigenvalue weighted by Gasteiger charge is 2.38. The molecule has 0 saturated carbocycles. The molecular weight excluding hydrogens is 312 g/mol. The number of rotatable bonds is 3. The molecule has 0 unspecified atom stereocenters. The summed E-state index contributed by atoms with van der Waals surface area (Å²) in [7, 11) is 1.68. The summed E-state index contributed by atoms with van der Waals surface area (Å²) in [5.74, 6) is 1.06. The number of methoxy groups -OCH3 is 1. The van der Waals surface area contributed by atoms with Crippen molar-refractivity contribution in [1.29, 1.82) is 0 Å². The van der Waals surface area contributed by atoms with E-state index in [0.29, 0.717) is 6.54 Å². The Labute approximate surface area is 149 Å². The highest BCUT2D eigenvalue weighted by molar-refractivity contribution is 5.97. The summed E-state index contributed by atoms with van der Waals surface area (Å²) in [6, 6.07) is 17.0. The molecule has 4 heteroatoms. The van der Waals surface area contributed by atoms with Crippen molar-refractivity contribution in [3.05, 3.63) is 59.7 Å². The smallest absolute Gasteiger partial charge is 0.241 e. The summed E-state index contributed by atoms with van der Waals surface area (Å²) >= 11 is 0. The number of anilines is 1. The number of piperazine rings is 1. The molecular formula is C21H24N2O2. The Morgan fingerprint density at radius 1 is 1.16 bits per heavy atom. The fourth-order valence-electron chi connectivity index (χ4n) is 4.11. The van der Waals surface area contributed by atoms with Gasteiger partial charge in [-0.2, -0.15) is 0 Å². The number of aryl methyl sites for hydroxylation is 1. The van der Waals surface area contributed by atoms with Crippen LogP contribution in [0.3, 0.4) is 0 Å². The van der Waals surface area contributed by atoms with Crippen LogP contribution in [0.5, 0.6) is 5.75 Å². The van der Waals surface area contributed by atoms with Crippen LogP contribution in [0.4, 0.5) is 5.69 Å². The summed E-state index contributed by atoms with van der Waals surface area (Å²) in [5.41, 5.74) is 3.55. The average molecular weight is 336 g/mol. The molecule has 4 nitrogen and oxygen atoms in total. The number of nitrogens with zero attached hydrogens (tertiary/aromatic N) is 2. The molecule has 4 rings (SSSR count). The number of carbonyl (C=O) groups is 1. The first kappa shape index (κ1) is 16.2. The number of ether oxygens (including phenoxy) is 1. The molecule has 2 aromatic rings. The van der Waals surface area contributed by atoms with E-state index in [2.05, 4.69) is 42.2 Å². The molecule has 1 amide bonds.